The van der Waals surface area contributed by atoms with E-state index in [1.807, 2.05) is 12.1 Å². The number of para-hydroxylation sites is 1. The number of ether oxygens (including phenoxy) is 1. The molecular weight excluding hydrogens is 266 g/mol. The van der Waals surface area contributed by atoms with Crippen molar-refractivity contribution in [2.75, 3.05) is 37.8 Å². The molecule has 1 aliphatic rings. The van der Waals surface area contributed by atoms with Crippen molar-refractivity contribution in [3.63, 3.8) is 0 Å². The second kappa shape index (κ2) is 7.31. The van der Waals surface area contributed by atoms with Crippen LogP contribution in [0.5, 0.6) is 0 Å². The second-order valence-electron chi connectivity index (χ2n) is 5.52. The molecule has 1 aromatic rings. The zero-order valence-electron chi connectivity index (χ0n) is 12.9. The first kappa shape index (κ1) is 15.6. The Bertz CT molecular complexity index is 482. The Kier molecular flexibility index (Phi) is 5.44. The predicted molar refractivity (Wildman–Crippen MR) is 85.6 cm³/mol. The van der Waals surface area contributed by atoms with Crippen molar-refractivity contribution in [1.29, 1.82) is 0 Å². The van der Waals surface area contributed by atoms with E-state index in [1.165, 1.54) is 20.1 Å². The lowest BCUT2D eigenvalue weighted by atomic mass is 10.0. The minimum absolute atomic E-state index is 0.395. The van der Waals surface area contributed by atoms with E-state index in [-0.39, 0.29) is 0 Å². The number of anilines is 2. The Morgan fingerprint density at radius 3 is 2.76 bits per heavy atom. The van der Waals surface area contributed by atoms with E-state index >= 15 is 0 Å². The van der Waals surface area contributed by atoms with Crippen LogP contribution in [0.4, 0.5) is 11.4 Å². The molecule has 0 saturated carbocycles. The number of likely N-dealkylation sites (tertiary alicyclic amines) is 1. The van der Waals surface area contributed by atoms with Gasteiger partial charge in [0.1, 0.15) is 0 Å². The van der Waals surface area contributed by atoms with Gasteiger partial charge in [0.25, 0.3) is 0 Å². The van der Waals surface area contributed by atoms with Gasteiger partial charge in [-0.1, -0.05) is 13.0 Å². The summed E-state index contributed by atoms with van der Waals surface area (Å²) in [6.45, 7) is 5.61. The van der Waals surface area contributed by atoms with E-state index in [0.29, 0.717) is 17.3 Å². The lowest BCUT2D eigenvalue weighted by Gasteiger charge is -2.33. The minimum Gasteiger partial charge on any atom is -0.465 e. The Morgan fingerprint density at radius 2 is 2.14 bits per heavy atom. The number of piperidine rings is 1. The van der Waals surface area contributed by atoms with E-state index in [1.54, 1.807) is 6.07 Å². The summed E-state index contributed by atoms with van der Waals surface area (Å²) in [6.07, 6.45) is 3.40. The van der Waals surface area contributed by atoms with Gasteiger partial charge in [-0.05, 0) is 37.9 Å². The highest BCUT2D eigenvalue weighted by atomic mass is 16.5. The Labute approximate surface area is 126 Å². The van der Waals surface area contributed by atoms with Crippen LogP contribution in [-0.2, 0) is 4.74 Å². The highest BCUT2D eigenvalue weighted by Crippen LogP contribution is 2.26. The molecule has 21 heavy (non-hydrogen) atoms. The average molecular weight is 291 g/mol. The van der Waals surface area contributed by atoms with Crippen molar-refractivity contribution in [3.05, 3.63) is 23.8 Å². The van der Waals surface area contributed by atoms with Gasteiger partial charge in [0, 0.05) is 19.1 Å². The fraction of sp³-hybridized carbons (Fsp3) is 0.562. The zero-order chi connectivity index (χ0) is 15.2. The molecule has 0 amide bonds. The van der Waals surface area contributed by atoms with Crippen LogP contribution in [0.3, 0.4) is 0 Å². The molecule has 0 aromatic heterocycles. The van der Waals surface area contributed by atoms with Gasteiger partial charge in [-0.25, -0.2) is 4.79 Å². The maximum Gasteiger partial charge on any atom is 0.340 e. The van der Waals surface area contributed by atoms with Crippen LogP contribution >= 0.6 is 0 Å². The van der Waals surface area contributed by atoms with Gasteiger partial charge in [-0.3, -0.25) is 0 Å². The van der Waals surface area contributed by atoms with Crippen LogP contribution in [0.25, 0.3) is 0 Å². The lowest BCUT2D eigenvalue weighted by Crippen LogP contribution is -2.39. The molecule has 0 bridgehead atoms. The topological polar surface area (TPSA) is 67.6 Å². The number of hydrogen-bond acceptors (Lipinski definition) is 5. The number of nitrogens with two attached hydrogens (primary N) is 1. The second-order valence-corrected chi connectivity index (χ2v) is 5.52. The number of esters is 1. The number of hydrogen-bond donors (Lipinski definition) is 2. The standard InChI is InChI=1S/C16H25N3O2/c1-3-9-19-10-7-12(8-11-19)18-14-6-4-5-13(15(14)17)16(20)21-2/h4-6,12,18H,3,7-11,17H2,1-2H3. The van der Waals surface area contributed by atoms with Crippen LogP contribution in [0.1, 0.15) is 36.5 Å². The van der Waals surface area contributed by atoms with Gasteiger partial charge >= 0.3 is 5.97 Å². The van der Waals surface area contributed by atoms with Crippen LogP contribution in [0, 0.1) is 0 Å². The molecule has 2 rings (SSSR count). The summed E-state index contributed by atoms with van der Waals surface area (Å²) in [6, 6.07) is 5.85. The minimum atomic E-state index is -0.395. The summed E-state index contributed by atoms with van der Waals surface area (Å²) in [4.78, 5) is 14.1. The monoisotopic (exact) mass is 291 g/mol. The number of rotatable bonds is 5. The predicted octanol–water partition coefficient (Wildman–Crippen LogP) is 2.34. The molecule has 0 spiro atoms. The van der Waals surface area contributed by atoms with Crippen molar-refractivity contribution in [1.82, 2.24) is 4.90 Å². The molecule has 3 N–H and O–H groups in total. The van der Waals surface area contributed by atoms with Gasteiger partial charge in [0.15, 0.2) is 0 Å². The van der Waals surface area contributed by atoms with Crippen molar-refractivity contribution in [2.45, 2.75) is 32.2 Å². The first-order chi connectivity index (χ1) is 10.2. The molecule has 1 aromatic carbocycles. The SMILES string of the molecule is CCCN1CCC(Nc2cccc(C(=O)OC)c2N)CC1. The van der Waals surface area contributed by atoms with Gasteiger partial charge in [-0.15, -0.1) is 0 Å². The van der Waals surface area contributed by atoms with Crippen LogP contribution in [0.15, 0.2) is 18.2 Å². The number of carbonyl (C=O) groups excluding carboxylic acids is 1. The molecular formula is C16H25N3O2. The molecule has 1 aliphatic heterocycles. The van der Waals surface area contributed by atoms with Gasteiger partial charge in [-0.2, -0.15) is 0 Å². The molecule has 1 saturated heterocycles. The van der Waals surface area contributed by atoms with Crippen LogP contribution < -0.4 is 11.1 Å². The first-order valence-corrected chi connectivity index (χ1v) is 7.61. The highest BCUT2D eigenvalue weighted by Gasteiger charge is 2.20. The third-order valence-electron chi connectivity index (χ3n) is 4.00. The lowest BCUT2D eigenvalue weighted by molar-refractivity contribution is 0.0602. The van der Waals surface area contributed by atoms with Gasteiger partial charge in [0.2, 0.25) is 0 Å². The van der Waals surface area contributed by atoms with E-state index in [9.17, 15) is 4.79 Å². The van der Waals surface area contributed by atoms with Crippen LogP contribution in [0.2, 0.25) is 0 Å². The molecule has 5 nitrogen and oxygen atoms in total. The van der Waals surface area contributed by atoms with Gasteiger partial charge < -0.3 is 20.7 Å². The number of nitrogens with one attached hydrogen (secondary N) is 1. The Balaban J connectivity index is 1.99. The van der Waals surface area contributed by atoms with Crippen molar-refractivity contribution >= 4 is 17.3 Å². The summed E-state index contributed by atoms with van der Waals surface area (Å²) >= 11 is 0. The van der Waals surface area contributed by atoms with Gasteiger partial charge in [0.05, 0.1) is 24.0 Å². The maximum atomic E-state index is 11.7. The number of carbonyl (C=O) groups is 1. The molecule has 5 heteroatoms. The van der Waals surface area contributed by atoms with E-state index in [2.05, 4.69) is 17.1 Å². The number of nitrogen functional groups attached to an aromatic ring is 1. The summed E-state index contributed by atoms with van der Waals surface area (Å²) in [5.74, 6) is -0.395. The summed E-state index contributed by atoms with van der Waals surface area (Å²) < 4.78 is 4.75. The molecule has 1 fully saturated rings. The van der Waals surface area contributed by atoms with E-state index in [0.717, 1.165) is 31.6 Å². The zero-order valence-corrected chi connectivity index (χ0v) is 12.9. The van der Waals surface area contributed by atoms with E-state index < -0.39 is 5.97 Å². The Hall–Kier alpha value is -1.75. The summed E-state index contributed by atoms with van der Waals surface area (Å²) in [5.41, 5.74) is 7.80. The number of methoxy groups -OCH3 is 1. The van der Waals surface area contributed by atoms with Crippen molar-refractivity contribution < 1.29 is 9.53 Å². The third kappa shape index (κ3) is 3.88. The van der Waals surface area contributed by atoms with Crippen LogP contribution in [-0.4, -0.2) is 43.7 Å². The molecule has 0 aliphatic carbocycles. The van der Waals surface area contributed by atoms with E-state index in [4.69, 9.17) is 10.5 Å². The number of benzene rings is 1. The quantitative estimate of drug-likeness (QED) is 0.644. The third-order valence-corrected chi connectivity index (χ3v) is 4.00. The van der Waals surface area contributed by atoms with Crippen molar-refractivity contribution in [2.24, 2.45) is 0 Å². The Morgan fingerprint density at radius 1 is 1.43 bits per heavy atom. The molecule has 0 radical (unpaired) electrons. The summed E-state index contributed by atoms with van der Waals surface area (Å²) in [5, 5.41) is 3.47. The highest BCUT2D eigenvalue weighted by molar-refractivity contribution is 5.98. The fourth-order valence-corrected chi connectivity index (χ4v) is 2.82. The molecule has 1 heterocycles. The normalized spacial score (nSPS) is 16.7. The summed E-state index contributed by atoms with van der Waals surface area (Å²) in [7, 11) is 1.37. The first-order valence-electron chi connectivity index (χ1n) is 7.61. The fourth-order valence-electron chi connectivity index (χ4n) is 2.82. The largest absolute Gasteiger partial charge is 0.465 e. The molecule has 116 valence electrons. The van der Waals surface area contributed by atoms with Crippen molar-refractivity contribution in [3.8, 4) is 0 Å². The smallest absolute Gasteiger partial charge is 0.340 e. The number of nitrogens with zero attached hydrogens (tertiary/aromatic N) is 1. The molecule has 0 unspecified atom stereocenters. The average Bonchev–Trinajstić information content (AvgIpc) is 2.51. The molecule has 0 atom stereocenters. The maximum absolute atomic E-state index is 11.7.